The summed E-state index contributed by atoms with van der Waals surface area (Å²) in [6.07, 6.45) is 0.628. The Hall–Kier alpha value is -4.13. The van der Waals surface area contributed by atoms with Gasteiger partial charge in [-0.25, -0.2) is 0 Å². The molecular weight excluding hydrogens is 458 g/mol. The van der Waals surface area contributed by atoms with E-state index < -0.39 is 0 Å². The molecule has 0 aromatic heterocycles. The van der Waals surface area contributed by atoms with Crippen LogP contribution in [0.3, 0.4) is 0 Å². The zero-order chi connectivity index (χ0) is 25.7. The monoisotopic (exact) mass is 489 g/mol. The number of fused-ring (bicyclic) bond motifs is 3. The van der Waals surface area contributed by atoms with Crippen LogP contribution in [0.1, 0.15) is 5.56 Å². The SMILES string of the molecule is COc1cc2ccc3c(CCN(C)C(=O)COc4ccccc4)cc(OC)c(OC)c3c2cc1OC. The first-order chi connectivity index (χ1) is 17.5. The molecule has 0 spiro atoms. The molecule has 0 aliphatic heterocycles. The number of likely N-dealkylation sites (N-methyl/N-ethyl adjacent to an activating group) is 1. The molecule has 4 aromatic rings. The first-order valence-electron chi connectivity index (χ1n) is 11.6. The van der Waals surface area contributed by atoms with Crippen molar-refractivity contribution in [2.45, 2.75) is 6.42 Å². The lowest BCUT2D eigenvalue weighted by Crippen LogP contribution is -2.33. The van der Waals surface area contributed by atoms with E-state index in [1.807, 2.05) is 48.5 Å². The van der Waals surface area contributed by atoms with Gasteiger partial charge in [0.15, 0.2) is 29.6 Å². The number of carbonyl (C=O) groups is 1. The highest BCUT2D eigenvalue weighted by Gasteiger charge is 2.19. The maximum absolute atomic E-state index is 12.7. The zero-order valence-electron chi connectivity index (χ0n) is 21.3. The number of ether oxygens (including phenoxy) is 5. The fourth-order valence-electron chi connectivity index (χ4n) is 4.33. The molecule has 7 heteroatoms. The van der Waals surface area contributed by atoms with E-state index in [1.54, 1.807) is 40.4 Å². The Bertz CT molecular complexity index is 1370. The number of hydrogen-bond donors (Lipinski definition) is 0. The summed E-state index contributed by atoms with van der Waals surface area (Å²) in [5, 5.41) is 3.89. The van der Waals surface area contributed by atoms with E-state index in [0.29, 0.717) is 41.7 Å². The fraction of sp³-hybridized carbons (Fsp3) is 0.276. The molecule has 0 aliphatic carbocycles. The van der Waals surface area contributed by atoms with Crippen molar-refractivity contribution in [1.29, 1.82) is 0 Å². The number of rotatable bonds is 10. The van der Waals surface area contributed by atoms with E-state index in [-0.39, 0.29) is 12.5 Å². The van der Waals surface area contributed by atoms with Crippen LogP contribution in [0.15, 0.2) is 60.7 Å². The molecule has 0 fully saturated rings. The summed E-state index contributed by atoms with van der Waals surface area (Å²) in [6, 6.07) is 19.3. The highest BCUT2D eigenvalue weighted by molar-refractivity contribution is 6.13. The summed E-state index contributed by atoms with van der Waals surface area (Å²) >= 11 is 0. The molecule has 4 rings (SSSR count). The summed E-state index contributed by atoms with van der Waals surface area (Å²) in [5.41, 5.74) is 1.04. The van der Waals surface area contributed by atoms with E-state index in [0.717, 1.165) is 27.1 Å². The minimum absolute atomic E-state index is 0.0144. The minimum atomic E-state index is -0.0917. The third kappa shape index (κ3) is 4.96. The lowest BCUT2D eigenvalue weighted by molar-refractivity contribution is -0.132. The molecule has 188 valence electrons. The molecule has 0 bridgehead atoms. The zero-order valence-corrected chi connectivity index (χ0v) is 21.3. The van der Waals surface area contributed by atoms with Gasteiger partial charge in [-0.1, -0.05) is 30.3 Å². The quantitative estimate of drug-likeness (QED) is 0.289. The van der Waals surface area contributed by atoms with Crippen molar-refractivity contribution in [2.24, 2.45) is 0 Å². The van der Waals surface area contributed by atoms with Gasteiger partial charge >= 0.3 is 0 Å². The lowest BCUT2D eigenvalue weighted by Gasteiger charge is -2.20. The van der Waals surface area contributed by atoms with Crippen molar-refractivity contribution in [3.8, 4) is 28.7 Å². The van der Waals surface area contributed by atoms with Crippen molar-refractivity contribution in [3.63, 3.8) is 0 Å². The highest BCUT2D eigenvalue weighted by atomic mass is 16.5. The summed E-state index contributed by atoms with van der Waals surface area (Å²) in [4.78, 5) is 14.3. The highest BCUT2D eigenvalue weighted by Crippen LogP contribution is 2.44. The molecule has 0 unspecified atom stereocenters. The molecule has 0 N–H and O–H groups in total. The number of hydrogen-bond acceptors (Lipinski definition) is 6. The van der Waals surface area contributed by atoms with Gasteiger partial charge < -0.3 is 28.6 Å². The molecule has 0 atom stereocenters. The van der Waals surface area contributed by atoms with Crippen LogP contribution in [0.5, 0.6) is 28.7 Å². The van der Waals surface area contributed by atoms with Crippen LogP contribution in [0.4, 0.5) is 0 Å². The van der Waals surface area contributed by atoms with Gasteiger partial charge in [0.1, 0.15) is 5.75 Å². The Labute approximate surface area is 211 Å². The van der Waals surface area contributed by atoms with E-state index in [4.69, 9.17) is 23.7 Å². The third-order valence-electron chi connectivity index (χ3n) is 6.30. The Morgan fingerprint density at radius 3 is 2.14 bits per heavy atom. The molecule has 0 saturated heterocycles. The molecule has 0 radical (unpaired) electrons. The van der Waals surface area contributed by atoms with Gasteiger partial charge in [0, 0.05) is 19.0 Å². The van der Waals surface area contributed by atoms with E-state index >= 15 is 0 Å². The van der Waals surface area contributed by atoms with Crippen LogP contribution in [-0.4, -0.2) is 59.4 Å². The largest absolute Gasteiger partial charge is 0.493 e. The van der Waals surface area contributed by atoms with Crippen molar-refractivity contribution < 1.29 is 28.5 Å². The Morgan fingerprint density at radius 2 is 1.47 bits per heavy atom. The maximum atomic E-state index is 12.7. The average Bonchev–Trinajstić information content (AvgIpc) is 2.93. The Morgan fingerprint density at radius 1 is 0.778 bits per heavy atom. The number of amides is 1. The summed E-state index contributed by atoms with van der Waals surface area (Å²) < 4.78 is 28.2. The van der Waals surface area contributed by atoms with Gasteiger partial charge in [0.05, 0.1) is 28.4 Å². The summed E-state index contributed by atoms with van der Waals surface area (Å²) in [7, 11) is 8.28. The summed E-state index contributed by atoms with van der Waals surface area (Å²) in [6.45, 7) is 0.505. The van der Waals surface area contributed by atoms with Crippen molar-refractivity contribution in [2.75, 3.05) is 48.6 Å². The van der Waals surface area contributed by atoms with Gasteiger partial charge in [-0.2, -0.15) is 0 Å². The number of nitrogens with zero attached hydrogens (tertiary/aromatic N) is 1. The van der Waals surface area contributed by atoms with E-state index in [1.165, 1.54) is 0 Å². The van der Waals surface area contributed by atoms with Crippen LogP contribution in [0, 0.1) is 0 Å². The number of carbonyl (C=O) groups excluding carboxylic acids is 1. The van der Waals surface area contributed by atoms with Gasteiger partial charge in [-0.05, 0) is 58.5 Å². The molecule has 4 aromatic carbocycles. The topological polar surface area (TPSA) is 66.5 Å². The predicted molar refractivity (Wildman–Crippen MR) is 141 cm³/mol. The molecular formula is C29H31NO6. The van der Waals surface area contributed by atoms with Crippen LogP contribution < -0.4 is 23.7 Å². The van der Waals surface area contributed by atoms with Crippen molar-refractivity contribution in [3.05, 3.63) is 66.2 Å². The first-order valence-corrected chi connectivity index (χ1v) is 11.6. The Balaban J connectivity index is 1.67. The minimum Gasteiger partial charge on any atom is -0.493 e. The summed E-state index contributed by atoms with van der Waals surface area (Å²) in [5.74, 6) is 3.14. The Kier molecular flexibility index (Phi) is 7.68. The van der Waals surface area contributed by atoms with Crippen LogP contribution in [-0.2, 0) is 11.2 Å². The lowest BCUT2D eigenvalue weighted by atomic mass is 9.95. The molecule has 0 heterocycles. The van der Waals surface area contributed by atoms with Crippen LogP contribution in [0.25, 0.3) is 21.5 Å². The third-order valence-corrected chi connectivity index (χ3v) is 6.30. The number of benzene rings is 4. The fourth-order valence-corrected chi connectivity index (χ4v) is 4.33. The molecule has 0 aliphatic rings. The molecule has 0 saturated carbocycles. The predicted octanol–water partition coefficient (Wildman–Crippen LogP) is 5.11. The van der Waals surface area contributed by atoms with Crippen molar-refractivity contribution >= 4 is 27.5 Å². The number of methoxy groups -OCH3 is 4. The van der Waals surface area contributed by atoms with Gasteiger partial charge in [0.2, 0.25) is 0 Å². The van der Waals surface area contributed by atoms with Gasteiger partial charge in [0.25, 0.3) is 5.91 Å². The van der Waals surface area contributed by atoms with Gasteiger partial charge in [-0.15, -0.1) is 0 Å². The number of para-hydroxylation sites is 1. The van der Waals surface area contributed by atoms with Gasteiger partial charge in [-0.3, -0.25) is 4.79 Å². The van der Waals surface area contributed by atoms with Crippen LogP contribution >= 0.6 is 0 Å². The second kappa shape index (κ2) is 11.1. The second-order valence-electron chi connectivity index (χ2n) is 8.35. The standard InChI is InChI=1S/C29H31NO6/c1-30(27(31)18-36-21-9-7-6-8-10-21)14-13-20-16-26(34-4)29(35-5)28-22(20)12-11-19-15-24(32-2)25(33-3)17-23(19)28/h6-12,15-17H,13-14,18H2,1-5H3. The molecule has 1 amide bonds. The smallest absolute Gasteiger partial charge is 0.260 e. The van der Waals surface area contributed by atoms with Crippen LogP contribution in [0.2, 0.25) is 0 Å². The first kappa shape index (κ1) is 25.0. The second-order valence-corrected chi connectivity index (χ2v) is 8.35. The maximum Gasteiger partial charge on any atom is 0.260 e. The van der Waals surface area contributed by atoms with Crippen molar-refractivity contribution in [1.82, 2.24) is 4.90 Å². The molecule has 36 heavy (non-hydrogen) atoms. The van der Waals surface area contributed by atoms with E-state index in [9.17, 15) is 4.79 Å². The normalized spacial score (nSPS) is 10.8. The molecule has 7 nitrogen and oxygen atoms in total. The average molecular weight is 490 g/mol. The van der Waals surface area contributed by atoms with E-state index in [2.05, 4.69) is 12.1 Å².